The summed E-state index contributed by atoms with van der Waals surface area (Å²) in [6.07, 6.45) is 21.0. The minimum Gasteiger partial charge on any atom is -0.326 e. The van der Waals surface area contributed by atoms with E-state index in [1.54, 1.807) is 0 Å². The Morgan fingerprint density at radius 3 is 1.94 bits per heavy atom. The molecule has 0 aromatic carbocycles. The summed E-state index contributed by atoms with van der Waals surface area (Å²) in [5.41, 5.74) is 0.770. The third-order valence-electron chi connectivity index (χ3n) is 1.76. The predicted molar refractivity (Wildman–Crippen MR) is 67.6 cm³/mol. The molecule has 0 heterocycles. The van der Waals surface area contributed by atoms with Gasteiger partial charge in [0, 0.05) is 12.6 Å². The van der Waals surface area contributed by atoms with Gasteiger partial charge in [0.05, 0.1) is 0 Å². The van der Waals surface area contributed by atoms with Crippen LogP contribution in [0.4, 0.5) is 0 Å². The summed E-state index contributed by atoms with van der Waals surface area (Å²) in [6.45, 7) is 1.49. The molecule has 0 bridgehead atoms. The van der Waals surface area contributed by atoms with Gasteiger partial charge in [-0.05, 0) is 12.2 Å². The summed E-state index contributed by atoms with van der Waals surface area (Å²) in [5, 5.41) is 2.74. The van der Waals surface area contributed by atoms with E-state index in [0.717, 1.165) is 5.70 Å². The zero-order valence-electron chi connectivity index (χ0n) is 9.26. The van der Waals surface area contributed by atoms with Crippen molar-refractivity contribution in [2.24, 2.45) is 0 Å². The van der Waals surface area contributed by atoms with Gasteiger partial charge in [-0.2, -0.15) is 0 Å². The largest absolute Gasteiger partial charge is 0.326 e. The highest BCUT2D eigenvalue weighted by atomic mass is 16.1. The van der Waals surface area contributed by atoms with Gasteiger partial charge in [-0.3, -0.25) is 4.79 Å². The van der Waals surface area contributed by atoms with E-state index in [1.807, 2.05) is 66.8 Å². The molecular weight excluding hydrogens is 198 g/mol. The SMILES string of the molecule is CC(=O)NC1=C/C=C\C=C/C=C\C=C/C=C\1. The summed E-state index contributed by atoms with van der Waals surface area (Å²) in [7, 11) is 0. The summed E-state index contributed by atoms with van der Waals surface area (Å²) >= 11 is 0. The van der Waals surface area contributed by atoms with Crippen LogP contribution in [0.2, 0.25) is 0 Å². The maximum Gasteiger partial charge on any atom is 0.221 e. The lowest BCUT2D eigenvalue weighted by atomic mass is 10.3. The van der Waals surface area contributed by atoms with Crippen LogP contribution in [0, 0.1) is 0 Å². The molecule has 0 spiro atoms. The first kappa shape index (κ1) is 12.0. The molecule has 0 aromatic rings. The number of amides is 1. The van der Waals surface area contributed by atoms with E-state index in [2.05, 4.69) is 5.32 Å². The van der Waals surface area contributed by atoms with Crippen molar-refractivity contribution in [2.75, 3.05) is 0 Å². The highest BCUT2D eigenvalue weighted by Crippen LogP contribution is 1.96. The second-order valence-electron chi connectivity index (χ2n) is 3.20. The first-order valence-corrected chi connectivity index (χ1v) is 5.11. The number of hydrogen-bond donors (Lipinski definition) is 1. The van der Waals surface area contributed by atoms with Crippen molar-refractivity contribution < 1.29 is 4.79 Å². The number of rotatable bonds is 1. The fraction of sp³-hybridized carbons (Fsp3) is 0.0714. The average Bonchev–Trinajstić information content (AvgIpc) is 2.21. The summed E-state index contributed by atoms with van der Waals surface area (Å²) in [5.74, 6) is -0.0733. The van der Waals surface area contributed by atoms with E-state index in [0.29, 0.717) is 0 Å². The third kappa shape index (κ3) is 5.60. The highest BCUT2D eigenvalue weighted by molar-refractivity contribution is 5.75. The monoisotopic (exact) mass is 213 g/mol. The molecule has 1 rings (SSSR count). The molecule has 1 N–H and O–H groups in total. The molecule has 82 valence electrons. The van der Waals surface area contributed by atoms with E-state index in [4.69, 9.17) is 0 Å². The number of hydrogen-bond acceptors (Lipinski definition) is 1. The second-order valence-corrected chi connectivity index (χ2v) is 3.20. The van der Waals surface area contributed by atoms with Crippen LogP contribution in [-0.4, -0.2) is 5.91 Å². The molecule has 16 heavy (non-hydrogen) atoms. The van der Waals surface area contributed by atoms with E-state index in [9.17, 15) is 4.79 Å². The van der Waals surface area contributed by atoms with Gasteiger partial charge in [-0.1, -0.05) is 54.7 Å². The molecular formula is C14H15NO. The van der Waals surface area contributed by atoms with Gasteiger partial charge in [-0.25, -0.2) is 0 Å². The molecule has 0 radical (unpaired) electrons. The average molecular weight is 213 g/mol. The lowest BCUT2D eigenvalue weighted by molar-refractivity contribution is -0.118. The molecule has 2 heteroatoms. The standard InChI is InChI=1S/C14H15NO/c1-13(16)15-14-11-9-7-5-3-2-4-6-8-10-12-14/h2-12H,1H3,(H,15,16)/b3-2-,4-2?,5-3?,6-4-,7-5-,8-6?,9-7?,10-8-,11-9-,12-10?,14-11?,14-12+. The molecule has 0 fully saturated rings. The Hall–Kier alpha value is -2.09. The van der Waals surface area contributed by atoms with E-state index in [-0.39, 0.29) is 5.91 Å². The van der Waals surface area contributed by atoms with Crippen molar-refractivity contribution in [3.63, 3.8) is 0 Å². The summed E-state index contributed by atoms with van der Waals surface area (Å²) < 4.78 is 0. The molecule has 0 aromatic heterocycles. The van der Waals surface area contributed by atoms with Gasteiger partial charge in [0.2, 0.25) is 5.91 Å². The van der Waals surface area contributed by atoms with Crippen LogP contribution < -0.4 is 5.32 Å². The zero-order valence-corrected chi connectivity index (χ0v) is 9.26. The van der Waals surface area contributed by atoms with Crippen LogP contribution in [0.5, 0.6) is 0 Å². The third-order valence-corrected chi connectivity index (χ3v) is 1.76. The highest BCUT2D eigenvalue weighted by Gasteiger charge is 1.92. The fourth-order valence-corrected chi connectivity index (χ4v) is 1.11. The first-order valence-electron chi connectivity index (χ1n) is 5.11. The van der Waals surface area contributed by atoms with Crippen LogP contribution >= 0.6 is 0 Å². The zero-order chi connectivity index (χ0) is 11.6. The van der Waals surface area contributed by atoms with Crippen molar-refractivity contribution >= 4 is 5.91 Å². The Bertz CT molecular complexity index is 406. The number of allylic oxidation sites excluding steroid dienone is 11. The second kappa shape index (κ2) is 7.23. The van der Waals surface area contributed by atoms with Crippen LogP contribution in [0.3, 0.4) is 0 Å². The first-order chi connectivity index (χ1) is 7.79. The van der Waals surface area contributed by atoms with Gasteiger partial charge in [0.1, 0.15) is 0 Å². The molecule has 0 saturated carbocycles. The molecule has 0 saturated heterocycles. The quantitative estimate of drug-likeness (QED) is 0.713. The molecule has 0 unspecified atom stereocenters. The van der Waals surface area contributed by atoms with Gasteiger partial charge in [0.25, 0.3) is 0 Å². The van der Waals surface area contributed by atoms with Gasteiger partial charge >= 0.3 is 0 Å². The smallest absolute Gasteiger partial charge is 0.221 e. The Balaban J connectivity index is 2.83. The van der Waals surface area contributed by atoms with Crippen LogP contribution in [0.25, 0.3) is 0 Å². The van der Waals surface area contributed by atoms with Gasteiger partial charge < -0.3 is 5.32 Å². The fourth-order valence-electron chi connectivity index (χ4n) is 1.11. The molecule has 0 aliphatic heterocycles. The van der Waals surface area contributed by atoms with Crippen LogP contribution in [0.15, 0.2) is 72.5 Å². The Labute approximate surface area is 96.1 Å². The van der Waals surface area contributed by atoms with E-state index in [1.165, 1.54) is 6.92 Å². The van der Waals surface area contributed by atoms with Crippen molar-refractivity contribution in [2.45, 2.75) is 6.92 Å². The van der Waals surface area contributed by atoms with Crippen molar-refractivity contribution in [3.05, 3.63) is 72.5 Å². The maximum absolute atomic E-state index is 10.9. The molecule has 2 nitrogen and oxygen atoms in total. The number of carbonyl (C=O) groups excluding carboxylic acids is 1. The lowest BCUT2D eigenvalue weighted by Crippen LogP contribution is -2.17. The summed E-state index contributed by atoms with van der Waals surface area (Å²) in [6, 6.07) is 0. The molecule has 1 aliphatic carbocycles. The topological polar surface area (TPSA) is 29.1 Å². The van der Waals surface area contributed by atoms with Gasteiger partial charge in [-0.15, -0.1) is 0 Å². The van der Waals surface area contributed by atoms with Gasteiger partial charge in [0.15, 0.2) is 0 Å². The number of nitrogens with one attached hydrogen (secondary N) is 1. The molecule has 1 amide bonds. The Morgan fingerprint density at radius 1 is 0.875 bits per heavy atom. The minimum atomic E-state index is -0.0733. The van der Waals surface area contributed by atoms with Crippen molar-refractivity contribution in [1.29, 1.82) is 0 Å². The van der Waals surface area contributed by atoms with Crippen molar-refractivity contribution in [3.8, 4) is 0 Å². The van der Waals surface area contributed by atoms with Crippen LogP contribution in [-0.2, 0) is 4.79 Å². The Morgan fingerprint density at radius 2 is 1.38 bits per heavy atom. The lowest BCUT2D eigenvalue weighted by Gasteiger charge is -2.00. The molecule has 0 atom stereocenters. The molecule has 1 aliphatic rings. The Kier molecular flexibility index (Phi) is 5.42. The van der Waals surface area contributed by atoms with E-state index < -0.39 is 0 Å². The summed E-state index contributed by atoms with van der Waals surface area (Å²) in [4.78, 5) is 10.9. The number of carbonyl (C=O) groups is 1. The predicted octanol–water partition coefficient (Wildman–Crippen LogP) is 2.80. The minimum absolute atomic E-state index is 0.0733. The normalized spacial score (nSPS) is 28.4. The maximum atomic E-state index is 10.9. The van der Waals surface area contributed by atoms with Crippen molar-refractivity contribution in [1.82, 2.24) is 5.32 Å². The van der Waals surface area contributed by atoms with Crippen LogP contribution in [0.1, 0.15) is 6.92 Å². The van der Waals surface area contributed by atoms with E-state index >= 15 is 0 Å².